The Hall–Kier alpha value is -0.650. The third kappa shape index (κ3) is 8.35. The molecular formula is C10H20O5. The topological polar surface area (TPSA) is 65.0 Å². The van der Waals surface area contributed by atoms with Gasteiger partial charge in [-0.1, -0.05) is 6.92 Å². The summed E-state index contributed by atoms with van der Waals surface area (Å²) in [5, 5.41) is 8.67. The fourth-order valence-corrected chi connectivity index (χ4v) is 0.995. The van der Waals surface area contributed by atoms with Crippen LogP contribution in [0.1, 0.15) is 19.8 Å². The summed E-state index contributed by atoms with van der Waals surface area (Å²) in [5.74, 6) is -0.905. The Morgan fingerprint density at radius 1 is 1.27 bits per heavy atom. The summed E-state index contributed by atoms with van der Waals surface area (Å²) >= 11 is 0. The number of carboxylic acid groups (broad SMARTS) is 1. The first-order valence-corrected chi connectivity index (χ1v) is 5.13. The van der Waals surface area contributed by atoms with E-state index in [1.807, 2.05) is 0 Å². The van der Waals surface area contributed by atoms with E-state index < -0.39 is 12.1 Å². The number of rotatable bonds is 10. The van der Waals surface area contributed by atoms with Crippen molar-refractivity contribution >= 4 is 5.97 Å². The molecule has 0 bridgehead atoms. The van der Waals surface area contributed by atoms with Crippen LogP contribution in [0.2, 0.25) is 0 Å². The van der Waals surface area contributed by atoms with Gasteiger partial charge in [-0.15, -0.1) is 0 Å². The standard InChI is InChI=1S/C10H20O5/c1-3-9(10(11)12)15-6-4-5-14-8-7-13-2/h9H,3-8H2,1-2H3,(H,11,12). The maximum absolute atomic E-state index is 10.6. The Labute approximate surface area is 90.3 Å². The van der Waals surface area contributed by atoms with Crippen LogP contribution in [0, 0.1) is 0 Å². The van der Waals surface area contributed by atoms with Gasteiger partial charge in [0.05, 0.1) is 13.2 Å². The lowest BCUT2D eigenvalue weighted by atomic mass is 10.3. The van der Waals surface area contributed by atoms with E-state index in [0.717, 1.165) is 0 Å². The van der Waals surface area contributed by atoms with E-state index in [1.165, 1.54) is 0 Å². The fraction of sp³-hybridized carbons (Fsp3) is 0.900. The summed E-state index contributed by atoms with van der Waals surface area (Å²) in [5.41, 5.74) is 0. The summed E-state index contributed by atoms with van der Waals surface area (Å²) in [4.78, 5) is 10.6. The molecule has 0 aromatic heterocycles. The van der Waals surface area contributed by atoms with Crippen molar-refractivity contribution in [2.24, 2.45) is 0 Å². The smallest absolute Gasteiger partial charge is 0.332 e. The molecule has 0 saturated carbocycles. The second kappa shape index (κ2) is 9.89. The summed E-state index contributed by atoms with van der Waals surface area (Å²) in [6.45, 7) is 3.91. The van der Waals surface area contributed by atoms with Crippen LogP contribution in [0.5, 0.6) is 0 Å². The zero-order chi connectivity index (χ0) is 11.5. The van der Waals surface area contributed by atoms with Crippen LogP contribution in [0.3, 0.4) is 0 Å². The van der Waals surface area contributed by atoms with Gasteiger partial charge in [-0.3, -0.25) is 0 Å². The summed E-state index contributed by atoms with van der Waals surface area (Å²) < 4.78 is 15.1. The molecular weight excluding hydrogens is 200 g/mol. The highest BCUT2D eigenvalue weighted by atomic mass is 16.5. The molecule has 0 rings (SSSR count). The lowest BCUT2D eigenvalue weighted by molar-refractivity contribution is -0.150. The lowest BCUT2D eigenvalue weighted by Crippen LogP contribution is -2.23. The fourth-order valence-electron chi connectivity index (χ4n) is 0.995. The Morgan fingerprint density at radius 2 is 2.00 bits per heavy atom. The predicted octanol–water partition coefficient (Wildman–Crippen LogP) is 0.919. The molecule has 0 aliphatic heterocycles. The van der Waals surface area contributed by atoms with Crippen molar-refractivity contribution < 1.29 is 24.1 Å². The number of carbonyl (C=O) groups is 1. The minimum absolute atomic E-state index is 0.414. The summed E-state index contributed by atoms with van der Waals surface area (Å²) in [6.07, 6.45) is 0.497. The van der Waals surface area contributed by atoms with Crippen LogP contribution >= 0.6 is 0 Å². The molecule has 1 atom stereocenters. The molecule has 0 radical (unpaired) electrons. The second-order valence-electron chi connectivity index (χ2n) is 3.06. The molecule has 5 heteroatoms. The Bertz CT molecular complexity index is 160. The number of hydrogen-bond acceptors (Lipinski definition) is 4. The van der Waals surface area contributed by atoms with E-state index in [4.69, 9.17) is 19.3 Å². The summed E-state index contributed by atoms with van der Waals surface area (Å²) in [7, 11) is 1.62. The van der Waals surface area contributed by atoms with Gasteiger partial charge in [-0.25, -0.2) is 4.79 Å². The number of hydrogen-bond donors (Lipinski definition) is 1. The quantitative estimate of drug-likeness (QED) is 0.554. The number of methoxy groups -OCH3 is 1. The molecule has 5 nitrogen and oxygen atoms in total. The second-order valence-corrected chi connectivity index (χ2v) is 3.06. The van der Waals surface area contributed by atoms with Crippen molar-refractivity contribution in [1.82, 2.24) is 0 Å². The van der Waals surface area contributed by atoms with Gasteiger partial charge in [0.2, 0.25) is 0 Å². The monoisotopic (exact) mass is 220 g/mol. The molecule has 1 unspecified atom stereocenters. The van der Waals surface area contributed by atoms with E-state index in [2.05, 4.69) is 0 Å². The molecule has 1 N–H and O–H groups in total. The highest BCUT2D eigenvalue weighted by Crippen LogP contribution is 1.99. The van der Waals surface area contributed by atoms with E-state index in [-0.39, 0.29) is 0 Å². The van der Waals surface area contributed by atoms with Gasteiger partial charge in [0, 0.05) is 20.3 Å². The van der Waals surface area contributed by atoms with Crippen LogP contribution in [0.4, 0.5) is 0 Å². The maximum Gasteiger partial charge on any atom is 0.332 e. The van der Waals surface area contributed by atoms with E-state index >= 15 is 0 Å². The Balaban J connectivity index is 3.25. The molecule has 90 valence electrons. The summed E-state index contributed by atoms with van der Waals surface area (Å²) in [6, 6.07) is 0. The third-order valence-electron chi connectivity index (χ3n) is 1.83. The van der Waals surface area contributed by atoms with Gasteiger partial charge >= 0.3 is 5.97 Å². The van der Waals surface area contributed by atoms with E-state index in [1.54, 1.807) is 14.0 Å². The van der Waals surface area contributed by atoms with E-state index in [0.29, 0.717) is 39.3 Å². The minimum atomic E-state index is -0.905. The van der Waals surface area contributed by atoms with Crippen LogP contribution in [0.15, 0.2) is 0 Å². The van der Waals surface area contributed by atoms with Gasteiger partial charge in [0.1, 0.15) is 0 Å². The number of aliphatic carboxylic acids is 1. The van der Waals surface area contributed by atoms with Crippen molar-refractivity contribution in [2.45, 2.75) is 25.9 Å². The van der Waals surface area contributed by atoms with Crippen LogP contribution in [-0.2, 0) is 19.0 Å². The first kappa shape index (κ1) is 14.3. The molecule has 0 aromatic rings. The van der Waals surface area contributed by atoms with Crippen molar-refractivity contribution in [3.63, 3.8) is 0 Å². The molecule has 0 spiro atoms. The Kier molecular flexibility index (Phi) is 9.46. The van der Waals surface area contributed by atoms with Crippen LogP contribution in [-0.4, -0.2) is 50.7 Å². The SMILES string of the molecule is CCC(OCCCOCCOC)C(=O)O. The minimum Gasteiger partial charge on any atom is -0.479 e. The molecule has 0 aliphatic rings. The van der Waals surface area contributed by atoms with Crippen molar-refractivity contribution in [3.05, 3.63) is 0 Å². The highest BCUT2D eigenvalue weighted by molar-refractivity contribution is 5.72. The molecule has 0 amide bonds. The van der Waals surface area contributed by atoms with Crippen LogP contribution < -0.4 is 0 Å². The van der Waals surface area contributed by atoms with Crippen molar-refractivity contribution in [3.8, 4) is 0 Å². The average molecular weight is 220 g/mol. The first-order chi connectivity index (χ1) is 7.22. The van der Waals surface area contributed by atoms with Crippen molar-refractivity contribution in [1.29, 1.82) is 0 Å². The van der Waals surface area contributed by atoms with Gasteiger partial charge in [0.25, 0.3) is 0 Å². The van der Waals surface area contributed by atoms with Gasteiger partial charge in [-0.2, -0.15) is 0 Å². The predicted molar refractivity (Wildman–Crippen MR) is 55.0 cm³/mol. The number of ether oxygens (including phenoxy) is 3. The molecule has 0 saturated heterocycles. The van der Waals surface area contributed by atoms with Gasteiger partial charge in [0.15, 0.2) is 6.10 Å². The molecule has 0 aromatic carbocycles. The van der Waals surface area contributed by atoms with Gasteiger partial charge < -0.3 is 19.3 Å². The molecule has 0 aliphatic carbocycles. The third-order valence-corrected chi connectivity index (χ3v) is 1.83. The average Bonchev–Trinajstić information content (AvgIpc) is 2.21. The first-order valence-electron chi connectivity index (χ1n) is 5.13. The Morgan fingerprint density at radius 3 is 2.53 bits per heavy atom. The molecule has 15 heavy (non-hydrogen) atoms. The van der Waals surface area contributed by atoms with Crippen LogP contribution in [0.25, 0.3) is 0 Å². The maximum atomic E-state index is 10.6. The lowest BCUT2D eigenvalue weighted by Gasteiger charge is -2.11. The molecule has 0 heterocycles. The van der Waals surface area contributed by atoms with Gasteiger partial charge in [-0.05, 0) is 12.8 Å². The largest absolute Gasteiger partial charge is 0.479 e. The van der Waals surface area contributed by atoms with Crippen molar-refractivity contribution in [2.75, 3.05) is 33.5 Å². The molecule has 0 fully saturated rings. The number of carboxylic acids is 1. The normalized spacial score (nSPS) is 12.7. The highest BCUT2D eigenvalue weighted by Gasteiger charge is 2.14. The zero-order valence-corrected chi connectivity index (χ0v) is 9.40. The van der Waals surface area contributed by atoms with E-state index in [9.17, 15) is 4.79 Å². The zero-order valence-electron chi connectivity index (χ0n) is 9.40.